The monoisotopic (exact) mass is 274 g/mol. The van der Waals surface area contributed by atoms with Crippen LogP contribution in [0.3, 0.4) is 0 Å². The van der Waals surface area contributed by atoms with Gasteiger partial charge in [-0.15, -0.1) is 0 Å². The molecule has 0 aromatic carbocycles. The molecule has 0 aromatic heterocycles. The Morgan fingerprint density at radius 1 is 1.45 bits per heavy atom. The third kappa shape index (κ3) is 3.81. The summed E-state index contributed by atoms with van der Waals surface area (Å²) in [7, 11) is 0. The highest BCUT2D eigenvalue weighted by Gasteiger charge is 2.31. The molecule has 3 heteroatoms. The van der Waals surface area contributed by atoms with Crippen molar-refractivity contribution < 1.29 is 4.79 Å². The number of hydrogen-bond acceptors (Lipinski definition) is 2. The summed E-state index contributed by atoms with van der Waals surface area (Å²) in [6.07, 6.45) is 11.0. The van der Waals surface area contributed by atoms with Crippen LogP contribution in [0.1, 0.15) is 53.4 Å². The zero-order valence-corrected chi connectivity index (χ0v) is 13.1. The molecular weight excluding hydrogens is 248 g/mol. The van der Waals surface area contributed by atoms with E-state index in [0.717, 1.165) is 18.6 Å². The minimum absolute atomic E-state index is 0.0619. The Bertz CT molecular complexity index is 467. The summed E-state index contributed by atoms with van der Waals surface area (Å²) in [6, 6.07) is 0. The fourth-order valence-corrected chi connectivity index (χ4v) is 2.84. The molecule has 0 aliphatic heterocycles. The Hall–Kier alpha value is -1.38. The Morgan fingerprint density at radius 3 is 2.75 bits per heavy atom. The van der Waals surface area contributed by atoms with E-state index in [9.17, 15) is 4.79 Å². The molecule has 3 nitrogen and oxygen atoms in total. The fourth-order valence-electron chi connectivity index (χ4n) is 2.84. The van der Waals surface area contributed by atoms with Crippen molar-refractivity contribution in [2.45, 2.75) is 53.4 Å². The van der Waals surface area contributed by atoms with Gasteiger partial charge < -0.3 is 0 Å². The minimum Gasteiger partial charge on any atom is -0.273 e. The number of nitrogens with one attached hydrogen (secondary N) is 1. The third-order valence-electron chi connectivity index (χ3n) is 4.41. The predicted octanol–water partition coefficient (Wildman–Crippen LogP) is 3.83. The molecule has 1 fully saturated rings. The number of amides is 1. The maximum atomic E-state index is 11.5. The quantitative estimate of drug-likeness (QED) is 0.472. The van der Waals surface area contributed by atoms with Gasteiger partial charge in [-0.1, -0.05) is 31.6 Å². The normalized spacial score (nSPS) is 26.5. The highest BCUT2D eigenvalue weighted by Crippen LogP contribution is 2.41. The second-order valence-corrected chi connectivity index (χ2v) is 6.82. The Balaban J connectivity index is 1.96. The van der Waals surface area contributed by atoms with E-state index in [0.29, 0.717) is 11.3 Å². The molecule has 1 unspecified atom stereocenters. The standard InChI is InChI=1S/C17H26N2O/c1-12-6-5-11-17(3,4)15(12)10-7-13(2)18-19-16(20)14-8-9-14/h6-7,10,14-15H,5,8-9,11H2,1-4H3,(H,19,20)/b10-7+,18-13+. The van der Waals surface area contributed by atoms with E-state index in [1.54, 1.807) is 0 Å². The zero-order valence-electron chi connectivity index (χ0n) is 13.1. The van der Waals surface area contributed by atoms with Gasteiger partial charge in [0.25, 0.3) is 0 Å². The van der Waals surface area contributed by atoms with Gasteiger partial charge in [0.2, 0.25) is 5.91 Å². The van der Waals surface area contributed by atoms with Crippen LogP contribution in [0, 0.1) is 17.3 Å². The van der Waals surface area contributed by atoms with E-state index in [4.69, 9.17) is 0 Å². The lowest BCUT2D eigenvalue weighted by molar-refractivity contribution is -0.122. The number of rotatable bonds is 4. The second kappa shape index (κ2) is 5.94. The molecule has 1 N–H and O–H groups in total. The molecule has 110 valence electrons. The van der Waals surface area contributed by atoms with Crippen LogP contribution in [-0.2, 0) is 4.79 Å². The van der Waals surface area contributed by atoms with Crippen molar-refractivity contribution >= 4 is 11.6 Å². The summed E-state index contributed by atoms with van der Waals surface area (Å²) < 4.78 is 0. The third-order valence-corrected chi connectivity index (χ3v) is 4.41. The highest BCUT2D eigenvalue weighted by molar-refractivity contribution is 5.94. The molecule has 0 heterocycles. The molecule has 1 amide bonds. The molecule has 0 spiro atoms. The average Bonchev–Trinajstić information content (AvgIpc) is 3.18. The van der Waals surface area contributed by atoms with Crippen molar-refractivity contribution in [2.24, 2.45) is 22.4 Å². The van der Waals surface area contributed by atoms with Gasteiger partial charge in [0.1, 0.15) is 0 Å². The Labute approximate surface area is 122 Å². The van der Waals surface area contributed by atoms with Crippen LogP contribution < -0.4 is 5.43 Å². The van der Waals surface area contributed by atoms with Crippen LogP contribution in [0.25, 0.3) is 0 Å². The van der Waals surface area contributed by atoms with Crippen LogP contribution in [0.2, 0.25) is 0 Å². The fraction of sp³-hybridized carbons (Fsp3) is 0.647. The predicted molar refractivity (Wildman–Crippen MR) is 83.4 cm³/mol. The molecular formula is C17H26N2O. The van der Waals surface area contributed by atoms with Crippen LogP contribution in [0.4, 0.5) is 0 Å². The van der Waals surface area contributed by atoms with Crippen molar-refractivity contribution in [3.63, 3.8) is 0 Å². The summed E-state index contributed by atoms with van der Waals surface area (Å²) in [5.74, 6) is 0.727. The lowest BCUT2D eigenvalue weighted by atomic mass is 9.68. The molecule has 2 aliphatic carbocycles. The molecule has 2 aliphatic rings. The molecule has 1 saturated carbocycles. The molecule has 0 bridgehead atoms. The lowest BCUT2D eigenvalue weighted by Crippen LogP contribution is -2.26. The van der Waals surface area contributed by atoms with E-state index in [1.165, 1.54) is 18.4 Å². The maximum absolute atomic E-state index is 11.5. The molecule has 0 radical (unpaired) electrons. The van der Waals surface area contributed by atoms with Crippen molar-refractivity contribution in [1.82, 2.24) is 5.43 Å². The van der Waals surface area contributed by atoms with Crippen LogP contribution in [0.5, 0.6) is 0 Å². The minimum atomic E-state index is 0.0619. The first kappa shape index (κ1) is 15.0. The molecule has 20 heavy (non-hydrogen) atoms. The second-order valence-electron chi connectivity index (χ2n) is 6.82. The van der Waals surface area contributed by atoms with Crippen molar-refractivity contribution in [1.29, 1.82) is 0 Å². The van der Waals surface area contributed by atoms with E-state index < -0.39 is 0 Å². The van der Waals surface area contributed by atoms with Crippen molar-refractivity contribution in [3.8, 4) is 0 Å². The first-order valence-electron chi connectivity index (χ1n) is 7.59. The summed E-state index contributed by atoms with van der Waals surface area (Å²) in [6.45, 7) is 8.77. The molecule has 2 rings (SSSR count). The molecule has 0 aromatic rings. The topological polar surface area (TPSA) is 41.5 Å². The van der Waals surface area contributed by atoms with Gasteiger partial charge in [-0.05, 0) is 51.0 Å². The van der Waals surface area contributed by atoms with Gasteiger partial charge in [-0.3, -0.25) is 4.79 Å². The van der Waals surface area contributed by atoms with Gasteiger partial charge in [0, 0.05) is 11.8 Å². The van der Waals surface area contributed by atoms with Crippen LogP contribution in [-0.4, -0.2) is 11.6 Å². The van der Waals surface area contributed by atoms with Crippen LogP contribution in [0.15, 0.2) is 28.9 Å². The van der Waals surface area contributed by atoms with E-state index in [1.807, 2.05) is 13.0 Å². The Morgan fingerprint density at radius 2 is 2.15 bits per heavy atom. The summed E-state index contributed by atoms with van der Waals surface area (Å²) >= 11 is 0. The first-order chi connectivity index (χ1) is 9.40. The maximum Gasteiger partial charge on any atom is 0.243 e. The smallest absolute Gasteiger partial charge is 0.243 e. The summed E-state index contributed by atoms with van der Waals surface area (Å²) in [5.41, 5.74) is 5.24. The Kier molecular flexibility index (Phi) is 4.46. The SMILES string of the molecule is CC1=CCCC(C)(C)C1/C=C/C(C)=N/NC(=O)C1CC1. The number of carbonyl (C=O) groups is 1. The van der Waals surface area contributed by atoms with Crippen LogP contribution >= 0.6 is 0 Å². The van der Waals surface area contributed by atoms with Gasteiger partial charge in [0.15, 0.2) is 0 Å². The van der Waals surface area contributed by atoms with Gasteiger partial charge >= 0.3 is 0 Å². The zero-order chi connectivity index (χ0) is 14.8. The lowest BCUT2D eigenvalue weighted by Gasteiger charge is -2.36. The summed E-state index contributed by atoms with van der Waals surface area (Å²) in [5, 5.41) is 4.15. The largest absolute Gasteiger partial charge is 0.273 e. The van der Waals surface area contributed by atoms with Crippen molar-refractivity contribution in [3.05, 3.63) is 23.8 Å². The number of nitrogens with zero attached hydrogens (tertiary/aromatic N) is 1. The number of allylic oxidation sites excluding steroid dienone is 4. The molecule has 1 atom stereocenters. The van der Waals surface area contributed by atoms with Gasteiger partial charge in [0.05, 0.1) is 5.71 Å². The number of hydrogen-bond donors (Lipinski definition) is 1. The highest BCUT2D eigenvalue weighted by atomic mass is 16.2. The average molecular weight is 274 g/mol. The number of hydrazone groups is 1. The summed E-state index contributed by atoms with van der Waals surface area (Å²) in [4.78, 5) is 11.5. The van der Waals surface area contributed by atoms with E-state index >= 15 is 0 Å². The van der Waals surface area contributed by atoms with E-state index in [-0.39, 0.29) is 11.8 Å². The van der Waals surface area contributed by atoms with Gasteiger partial charge in [-0.2, -0.15) is 5.10 Å². The van der Waals surface area contributed by atoms with Crippen molar-refractivity contribution in [2.75, 3.05) is 0 Å². The number of carbonyl (C=O) groups excluding carboxylic acids is 1. The molecule has 0 saturated heterocycles. The first-order valence-corrected chi connectivity index (χ1v) is 7.59. The van der Waals surface area contributed by atoms with E-state index in [2.05, 4.69) is 43.5 Å². The van der Waals surface area contributed by atoms with Gasteiger partial charge in [-0.25, -0.2) is 5.43 Å².